The lowest BCUT2D eigenvalue weighted by molar-refractivity contribution is 0.117. The number of nitrogens with one attached hydrogen (secondary N) is 1. The van der Waals surface area contributed by atoms with Crippen molar-refractivity contribution in [3.05, 3.63) is 29.8 Å². The second-order valence-electron chi connectivity index (χ2n) is 7.36. The van der Waals surface area contributed by atoms with Gasteiger partial charge in [-0.15, -0.1) is 0 Å². The number of anilines is 1. The second kappa shape index (κ2) is 7.65. The van der Waals surface area contributed by atoms with Gasteiger partial charge in [-0.1, -0.05) is 12.1 Å². The van der Waals surface area contributed by atoms with Gasteiger partial charge in [0.25, 0.3) is 0 Å². The molecule has 0 radical (unpaired) electrons. The monoisotopic (exact) mass is 316 g/mol. The molecule has 3 rings (SSSR count). The van der Waals surface area contributed by atoms with Crippen LogP contribution in [0.4, 0.5) is 5.69 Å². The van der Waals surface area contributed by atoms with E-state index in [-0.39, 0.29) is 0 Å². The molecule has 2 fully saturated rings. The Kier molecular flexibility index (Phi) is 5.57. The first kappa shape index (κ1) is 16.7. The number of nitrogens with zero attached hydrogens (tertiary/aromatic N) is 3. The van der Waals surface area contributed by atoms with E-state index < -0.39 is 0 Å². The van der Waals surface area contributed by atoms with Gasteiger partial charge in [0, 0.05) is 58.0 Å². The maximum atomic E-state index is 3.57. The SMILES string of the molecule is CC1CN(C(CN2CCCC2)c2ccc(N(C)C)cc2)CCN1. The smallest absolute Gasteiger partial charge is 0.0476 e. The standard InChI is InChI=1S/C19H32N4/c1-16-14-23(13-10-20-16)19(15-22-11-4-5-12-22)17-6-8-18(9-7-17)21(2)3/h6-9,16,19-20H,4-5,10-15H2,1-3H3. The van der Waals surface area contributed by atoms with Crippen molar-refractivity contribution in [2.24, 2.45) is 0 Å². The van der Waals surface area contributed by atoms with E-state index in [0.717, 1.165) is 19.6 Å². The fraction of sp³-hybridized carbons (Fsp3) is 0.684. The molecule has 2 aliphatic rings. The number of hydrogen-bond acceptors (Lipinski definition) is 4. The van der Waals surface area contributed by atoms with Crippen molar-refractivity contribution in [3.8, 4) is 0 Å². The van der Waals surface area contributed by atoms with Crippen LogP contribution in [0.1, 0.15) is 31.4 Å². The molecule has 2 saturated heterocycles. The van der Waals surface area contributed by atoms with Gasteiger partial charge in [-0.05, 0) is 50.6 Å². The maximum absolute atomic E-state index is 3.57. The van der Waals surface area contributed by atoms with Crippen LogP contribution in [-0.2, 0) is 0 Å². The maximum Gasteiger partial charge on any atom is 0.0476 e. The Morgan fingerprint density at radius 2 is 1.83 bits per heavy atom. The Bertz CT molecular complexity index is 479. The summed E-state index contributed by atoms with van der Waals surface area (Å²) < 4.78 is 0. The molecule has 0 spiro atoms. The van der Waals surface area contributed by atoms with Crippen molar-refractivity contribution >= 4 is 5.69 Å². The number of benzene rings is 1. The Morgan fingerprint density at radius 3 is 2.43 bits per heavy atom. The van der Waals surface area contributed by atoms with Crippen LogP contribution in [0, 0.1) is 0 Å². The van der Waals surface area contributed by atoms with E-state index in [1.165, 1.54) is 43.7 Å². The zero-order valence-corrected chi connectivity index (χ0v) is 15.0. The molecule has 4 nitrogen and oxygen atoms in total. The lowest BCUT2D eigenvalue weighted by Crippen LogP contribution is -2.52. The van der Waals surface area contributed by atoms with E-state index in [1.54, 1.807) is 0 Å². The molecule has 23 heavy (non-hydrogen) atoms. The summed E-state index contributed by atoms with van der Waals surface area (Å²) >= 11 is 0. The van der Waals surface area contributed by atoms with E-state index in [4.69, 9.17) is 0 Å². The van der Waals surface area contributed by atoms with Crippen molar-refractivity contribution in [2.45, 2.75) is 31.8 Å². The third kappa shape index (κ3) is 4.25. The first-order valence-electron chi connectivity index (χ1n) is 9.10. The third-order valence-electron chi connectivity index (χ3n) is 5.27. The van der Waals surface area contributed by atoms with Crippen molar-refractivity contribution < 1.29 is 0 Å². The Hall–Kier alpha value is -1.10. The summed E-state index contributed by atoms with van der Waals surface area (Å²) in [6.45, 7) is 9.42. The topological polar surface area (TPSA) is 21.8 Å². The van der Waals surface area contributed by atoms with Crippen LogP contribution in [-0.4, -0.2) is 69.2 Å². The van der Waals surface area contributed by atoms with Crippen molar-refractivity contribution in [1.82, 2.24) is 15.1 Å². The van der Waals surface area contributed by atoms with E-state index in [0.29, 0.717) is 12.1 Å². The summed E-state index contributed by atoms with van der Waals surface area (Å²) in [7, 11) is 4.21. The van der Waals surface area contributed by atoms with Gasteiger partial charge in [-0.3, -0.25) is 4.90 Å². The first-order valence-corrected chi connectivity index (χ1v) is 9.10. The quantitative estimate of drug-likeness (QED) is 0.899. The number of likely N-dealkylation sites (tertiary alicyclic amines) is 1. The molecule has 1 N–H and O–H groups in total. The number of hydrogen-bond donors (Lipinski definition) is 1. The van der Waals surface area contributed by atoms with Crippen molar-refractivity contribution in [2.75, 3.05) is 58.3 Å². The molecule has 2 aliphatic heterocycles. The van der Waals surface area contributed by atoms with E-state index in [1.807, 2.05) is 0 Å². The summed E-state index contributed by atoms with van der Waals surface area (Å²) in [4.78, 5) is 7.51. The summed E-state index contributed by atoms with van der Waals surface area (Å²) in [6.07, 6.45) is 2.73. The van der Waals surface area contributed by atoms with Gasteiger partial charge in [0.05, 0.1) is 0 Å². The molecule has 0 bridgehead atoms. The normalized spacial score (nSPS) is 24.7. The fourth-order valence-electron chi connectivity index (χ4n) is 3.88. The molecule has 2 unspecified atom stereocenters. The van der Waals surface area contributed by atoms with Gasteiger partial charge in [0.15, 0.2) is 0 Å². The van der Waals surface area contributed by atoms with Gasteiger partial charge in [-0.2, -0.15) is 0 Å². The van der Waals surface area contributed by atoms with Crippen LogP contribution in [0.2, 0.25) is 0 Å². The lowest BCUT2D eigenvalue weighted by Gasteiger charge is -2.39. The number of rotatable bonds is 5. The highest BCUT2D eigenvalue weighted by Gasteiger charge is 2.27. The molecular weight excluding hydrogens is 284 g/mol. The number of piperazine rings is 1. The summed E-state index contributed by atoms with van der Waals surface area (Å²) in [5.74, 6) is 0. The molecular formula is C19H32N4. The zero-order valence-electron chi connectivity index (χ0n) is 15.0. The van der Waals surface area contributed by atoms with Gasteiger partial charge in [0.1, 0.15) is 0 Å². The van der Waals surface area contributed by atoms with Gasteiger partial charge in [0.2, 0.25) is 0 Å². The van der Waals surface area contributed by atoms with Crippen molar-refractivity contribution in [3.63, 3.8) is 0 Å². The molecule has 0 aromatic heterocycles. The predicted molar refractivity (Wildman–Crippen MR) is 98.2 cm³/mol. The lowest BCUT2D eigenvalue weighted by atomic mass is 10.0. The van der Waals surface area contributed by atoms with Gasteiger partial charge >= 0.3 is 0 Å². The highest BCUT2D eigenvalue weighted by molar-refractivity contribution is 5.46. The van der Waals surface area contributed by atoms with Gasteiger partial charge < -0.3 is 15.1 Å². The van der Waals surface area contributed by atoms with Gasteiger partial charge in [-0.25, -0.2) is 0 Å². The molecule has 0 saturated carbocycles. The molecule has 128 valence electrons. The molecule has 2 heterocycles. The van der Waals surface area contributed by atoms with Crippen LogP contribution in [0.3, 0.4) is 0 Å². The first-order chi connectivity index (χ1) is 11.1. The summed E-state index contributed by atoms with van der Waals surface area (Å²) in [6, 6.07) is 10.3. The zero-order chi connectivity index (χ0) is 16.2. The molecule has 1 aromatic carbocycles. The average molecular weight is 316 g/mol. The highest BCUT2D eigenvalue weighted by atomic mass is 15.3. The molecule has 2 atom stereocenters. The minimum absolute atomic E-state index is 0.522. The summed E-state index contributed by atoms with van der Waals surface area (Å²) in [5.41, 5.74) is 2.75. The van der Waals surface area contributed by atoms with Crippen LogP contribution in [0.15, 0.2) is 24.3 Å². The highest BCUT2D eigenvalue weighted by Crippen LogP contribution is 2.26. The fourth-order valence-corrected chi connectivity index (χ4v) is 3.88. The Balaban J connectivity index is 1.78. The van der Waals surface area contributed by atoms with E-state index in [9.17, 15) is 0 Å². The Morgan fingerprint density at radius 1 is 1.13 bits per heavy atom. The second-order valence-corrected chi connectivity index (χ2v) is 7.36. The minimum Gasteiger partial charge on any atom is -0.378 e. The molecule has 0 aliphatic carbocycles. The van der Waals surface area contributed by atoms with Crippen LogP contribution in [0.25, 0.3) is 0 Å². The third-order valence-corrected chi connectivity index (χ3v) is 5.27. The summed E-state index contributed by atoms with van der Waals surface area (Å²) in [5, 5.41) is 3.57. The molecule has 1 aromatic rings. The Labute approximate surface area is 141 Å². The molecule has 4 heteroatoms. The van der Waals surface area contributed by atoms with E-state index >= 15 is 0 Å². The van der Waals surface area contributed by atoms with Crippen molar-refractivity contribution in [1.29, 1.82) is 0 Å². The largest absolute Gasteiger partial charge is 0.378 e. The van der Waals surface area contributed by atoms with Crippen LogP contribution >= 0.6 is 0 Å². The predicted octanol–water partition coefficient (Wildman–Crippen LogP) is 2.18. The van der Waals surface area contributed by atoms with Crippen LogP contribution in [0.5, 0.6) is 0 Å². The average Bonchev–Trinajstić information content (AvgIpc) is 3.06. The molecule has 0 amide bonds. The van der Waals surface area contributed by atoms with E-state index in [2.05, 4.69) is 65.3 Å². The minimum atomic E-state index is 0.522. The van der Waals surface area contributed by atoms with Crippen LogP contribution < -0.4 is 10.2 Å².